The van der Waals surface area contributed by atoms with Crippen molar-refractivity contribution in [3.8, 4) is 0 Å². The number of amides is 9. The fourth-order valence-electron chi connectivity index (χ4n) is 8.06. The molecule has 0 bridgehead atoms. The summed E-state index contributed by atoms with van der Waals surface area (Å²) in [6.07, 6.45) is -1.29. The SMILES string of the molecule is CSCC[C@H](NC(=O)[C@H](Cc1ccccc1)NC(=O)[C@H](CC(=O)O)NC(=O)[C@H](CCC(=O)O)NC(=O)[C@H](C)NC(=O)[C@@H]1CCCN1C(=O)[C@@H](N)[C@@H](C)O)C(=O)N[C@@H](CCCN=C(N)N)C(=O)N[C@@H](Cc1ccccc1)C(N)=O. The highest BCUT2D eigenvalue weighted by atomic mass is 32.2. The Bertz CT molecular complexity index is 2430. The van der Waals surface area contributed by atoms with Gasteiger partial charge in [0.05, 0.1) is 12.5 Å². The molecular formula is C50H73N13O14S. The number of aliphatic hydroxyl groups excluding tert-OH is 1. The summed E-state index contributed by atoms with van der Waals surface area (Å²) in [5.41, 5.74) is 23.6. The molecule has 0 spiro atoms. The molecule has 10 atom stereocenters. The second-order valence-electron chi connectivity index (χ2n) is 18.6. The molecule has 9 amide bonds. The Labute approximate surface area is 454 Å². The number of likely N-dealkylation sites (tertiary alicyclic amines) is 1. The quantitative estimate of drug-likeness (QED) is 0.0185. The molecule has 18 N–H and O–H groups in total. The predicted octanol–water partition coefficient (Wildman–Crippen LogP) is -3.78. The number of carbonyl (C=O) groups excluding carboxylic acids is 9. The average Bonchev–Trinajstić information content (AvgIpc) is 3.91. The standard InChI is InChI=1S/C50H73N13O14S/c1-27(56-48(76)37-17-11-22-63(37)49(77)40(51)28(2)64)42(70)57-32(18-19-38(65)66)44(72)62-36(26-39(67)68)47(75)61-35(25-30-14-8-5-9-15-30)46(74)59-33(20-23-78-3)45(73)58-31(16-10-21-55-50(53)54)43(71)60-34(41(52)69)24-29-12-6-4-7-13-29/h4-9,12-15,27-28,31-37,40,64H,10-11,16-26,51H2,1-3H3,(H2,52,69)(H,56,76)(H,57,70)(H,58,73)(H,59,74)(H,60,71)(H,61,75)(H,62,72)(H,65,66)(H,67,68)(H4,53,54,55)/t27-,28+,31-,32-,33-,34-,35-,36-,37-,40-/m0/s1. The van der Waals surface area contributed by atoms with Gasteiger partial charge in [-0.3, -0.25) is 57.7 Å². The number of hydrogen-bond acceptors (Lipinski definition) is 15. The van der Waals surface area contributed by atoms with Gasteiger partial charge in [0.15, 0.2) is 5.96 Å². The highest BCUT2D eigenvalue weighted by molar-refractivity contribution is 7.98. The minimum absolute atomic E-state index is 0.00811. The van der Waals surface area contributed by atoms with E-state index < -0.39 is 145 Å². The number of nitrogens with two attached hydrogens (primary N) is 4. The molecule has 0 unspecified atom stereocenters. The maximum atomic E-state index is 14.4. The smallest absolute Gasteiger partial charge is 0.305 e. The van der Waals surface area contributed by atoms with E-state index in [0.29, 0.717) is 23.3 Å². The maximum absolute atomic E-state index is 14.4. The largest absolute Gasteiger partial charge is 0.481 e. The minimum Gasteiger partial charge on any atom is -0.481 e. The van der Waals surface area contributed by atoms with Crippen LogP contribution in [-0.2, 0) is 65.6 Å². The van der Waals surface area contributed by atoms with Gasteiger partial charge in [-0.1, -0.05) is 60.7 Å². The number of primary amides is 1. The number of nitrogens with one attached hydrogen (secondary N) is 7. The van der Waals surface area contributed by atoms with Crippen LogP contribution >= 0.6 is 11.8 Å². The van der Waals surface area contributed by atoms with Crippen molar-refractivity contribution in [1.82, 2.24) is 42.1 Å². The lowest BCUT2D eigenvalue weighted by Gasteiger charge is -2.29. The van der Waals surface area contributed by atoms with Crippen LogP contribution in [0.3, 0.4) is 0 Å². The van der Waals surface area contributed by atoms with Gasteiger partial charge in [-0.15, -0.1) is 0 Å². The number of carboxylic acids is 2. The first-order chi connectivity index (χ1) is 36.9. The van der Waals surface area contributed by atoms with Crippen molar-refractivity contribution >= 4 is 82.8 Å². The summed E-state index contributed by atoms with van der Waals surface area (Å²) in [4.78, 5) is 152. The first-order valence-electron chi connectivity index (χ1n) is 25.1. The van der Waals surface area contributed by atoms with Crippen LogP contribution in [0, 0.1) is 0 Å². The number of nitrogens with zero attached hydrogens (tertiary/aromatic N) is 2. The summed E-state index contributed by atoms with van der Waals surface area (Å²) in [5.74, 6) is -11.2. The molecule has 78 heavy (non-hydrogen) atoms. The molecule has 1 heterocycles. The third-order valence-electron chi connectivity index (χ3n) is 12.4. The number of aliphatic hydroxyl groups is 1. The van der Waals surface area contributed by atoms with Gasteiger partial charge >= 0.3 is 11.9 Å². The summed E-state index contributed by atoms with van der Waals surface area (Å²) in [5, 5.41) is 46.6. The van der Waals surface area contributed by atoms with Crippen LogP contribution in [0.1, 0.15) is 76.3 Å². The summed E-state index contributed by atoms with van der Waals surface area (Å²) in [7, 11) is 0. The van der Waals surface area contributed by atoms with Gasteiger partial charge in [-0.05, 0) is 75.5 Å². The van der Waals surface area contributed by atoms with Crippen molar-refractivity contribution in [2.24, 2.45) is 27.9 Å². The van der Waals surface area contributed by atoms with Crippen LogP contribution in [0.15, 0.2) is 65.7 Å². The molecule has 0 aromatic heterocycles. The normalized spacial score (nSPS) is 16.4. The van der Waals surface area contributed by atoms with Crippen LogP contribution < -0.4 is 60.2 Å². The van der Waals surface area contributed by atoms with E-state index in [2.05, 4.69) is 42.2 Å². The van der Waals surface area contributed by atoms with Gasteiger partial charge in [0.25, 0.3) is 0 Å². The monoisotopic (exact) mass is 1110 g/mol. The van der Waals surface area contributed by atoms with Crippen molar-refractivity contribution in [3.05, 3.63) is 71.8 Å². The second-order valence-corrected chi connectivity index (χ2v) is 19.6. The first kappa shape index (κ1) is 64.4. The molecule has 28 heteroatoms. The Balaban J connectivity index is 1.88. The van der Waals surface area contributed by atoms with E-state index in [9.17, 15) is 68.1 Å². The van der Waals surface area contributed by atoms with Gasteiger partial charge in [-0.25, -0.2) is 0 Å². The summed E-state index contributed by atoms with van der Waals surface area (Å²) < 4.78 is 0. The number of aliphatic carboxylic acids is 2. The third kappa shape index (κ3) is 22.0. The van der Waals surface area contributed by atoms with Crippen molar-refractivity contribution in [2.75, 3.05) is 25.1 Å². The van der Waals surface area contributed by atoms with Gasteiger partial charge in [0, 0.05) is 32.4 Å². The number of benzene rings is 2. The molecule has 0 radical (unpaired) electrons. The Morgan fingerprint density at radius 1 is 0.641 bits per heavy atom. The fraction of sp³-hybridized carbons (Fsp3) is 0.520. The highest BCUT2D eigenvalue weighted by Gasteiger charge is 2.39. The van der Waals surface area contributed by atoms with E-state index in [4.69, 9.17) is 22.9 Å². The molecule has 3 rings (SSSR count). The van der Waals surface area contributed by atoms with E-state index in [-0.39, 0.29) is 57.6 Å². The zero-order valence-corrected chi connectivity index (χ0v) is 44.5. The van der Waals surface area contributed by atoms with E-state index in [1.54, 1.807) is 66.9 Å². The number of aliphatic imine (C=N–C) groups is 1. The highest BCUT2D eigenvalue weighted by Crippen LogP contribution is 2.19. The van der Waals surface area contributed by atoms with Crippen molar-refractivity contribution in [1.29, 1.82) is 0 Å². The van der Waals surface area contributed by atoms with Crippen LogP contribution in [-0.4, -0.2) is 177 Å². The van der Waals surface area contributed by atoms with Gasteiger partial charge < -0.3 is 80.4 Å². The molecule has 428 valence electrons. The summed E-state index contributed by atoms with van der Waals surface area (Å²) >= 11 is 1.32. The Morgan fingerprint density at radius 3 is 1.63 bits per heavy atom. The number of carboxylic acid groups (broad SMARTS) is 2. The number of hydrogen-bond donors (Lipinski definition) is 14. The minimum atomic E-state index is -1.96. The Morgan fingerprint density at radius 2 is 1.12 bits per heavy atom. The topological polar surface area (TPSA) is 452 Å². The van der Waals surface area contributed by atoms with Gasteiger partial charge in [0.1, 0.15) is 54.4 Å². The zero-order valence-electron chi connectivity index (χ0n) is 43.7. The summed E-state index contributed by atoms with van der Waals surface area (Å²) in [6.45, 7) is 2.77. The van der Waals surface area contributed by atoms with Crippen molar-refractivity contribution < 1.29 is 68.1 Å². The second kappa shape index (κ2) is 32.7. The molecule has 2 aromatic rings. The zero-order chi connectivity index (χ0) is 58.1. The van der Waals surface area contributed by atoms with E-state index in [1.807, 2.05) is 0 Å². The number of guanidine groups is 1. The third-order valence-corrected chi connectivity index (χ3v) is 13.0. The van der Waals surface area contributed by atoms with Crippen LogP contribution in [0.25, 0.3) is 0 Å². The van der Waals surface area contributed by atoms with E-state index in [0.717, 1.165) is 0 Å². The lowest BCUT2D eigenvalue weighted by molar-refractivity contribution is -0.142. The Hall–Kier alpha value is -7.85. The molecule has 0 aliphatic carbocycles. The van der Waals surface area contributed by atoms with Crippen LogP contribution in [0.5, 0.6) is 0 Å². The van der Waals surface area contributed by atoms with Crippen molar-refractivity contribution in [3.63, 3.8) is 0 Å². The van der Waals surface area contributed by atoms with Crippen LogP contribution in [0.2, 0.25) is 0 Å². The maximum Gasteiger partial charge on any atom is 0.305 e. The molecule has 2 aromatic carbocycles. The van der Waals surface area contributed by atoms with Crippen LogP contribution in [0.4, 0.5) is 0 Å². The molecular weight excluding hydrogens is 1040 g/mol. The first-order valence-corrected chi connectivity index (χ1v) is 26.5. The van der Waals surface area contributed by atoms with E-state index >= 15 is 0 Å². The average molecular weight is 1110 g/mol. The molecule has 1 fully saturated rings. The van der Waals surface area contributed by atoms with Gasteiger partial charge in [0.2, 0.25) is 53.2 Å². The predicted molar refractivity (Wildman–Crippen MR) is 285 cm³/mol. The number of carbonyl (C=O) groups is 11. The number of thioether (sulfide) groups is 1. The Kier molecular flexibility index (Phi) is 27.0. The summed E-state index contributed by atoms with van der Waals surface area (Å²) in [6, 6.07) is 4.08. The molecule has 1 aliphatic rings. The molecule has 27 nitrogen and oxygen atoms in total. The van der Waals surface area contributed by atoms with E-state index in [1.165, 1.54) is 30.5 Å². The lowest BCUT2D eigenvalue weighted by Crippen LogP contribution is -2.61. The number of rotatable bonds is 33. The van der Waals surface area contributed by atoms with Gasteiger partial charge in [-0.2, -0.15) is 11.8 Å². The lowest BCUT2D eigenvalue weighted by atomic mass is 10.0. The molecule has 1 aliphatic heterocycles. The molecule has 1 saturated heterocycles. The molecule has 0 saturated carbocycles. The van der Waals surface area contributed by atoms with Crippen molar-refractivity contribution in [2.45, 2.75) is 139 Å². The fourth-order valence-corrected chi connectivity index (χ4v) is 8.53.